The third kappa shape index (κ3) is 3.39. The summed E-state index contributed by atoms with van der Waals surface area (Å²) in [5, 5.41) is 16.0. The van der Waals surface area contributed by atoms with Crippen molar-refractivity contribution in [3.63, 3.8) is 0 Å². The van der Waals surface area contributed by atoms with Gasteiger partial charge in [0.25, 0.3) is 11.5 Å². The Bertz CT molecular complexity index is 920. The number of anilines is 1. The number of amides is 1. The van der Waals surface area contributed by atoms with Gasteiger partial charge in [-0.1, -0.05) is 30.3 Å². The van der Waals surface area contributed by atoms with Crippen molar-refractivity contribution in [2.45, 2.75) is 6.61 Å². The summed E-state index contributed by atoms with van der Waals surface area (Å²) in [5.41, 5.74) is 1.62. The van der Waals surface area contributed by atoms with Gasteiger partial charge >= 0.3 is 0 Å². The molecule has 3 rings (SSSR count). The van der Waals surface area contributed by atoms with Crippen LogP contribution in [0, 0.1) is 0 Å². The van der Waals surface area contributed by atoms with Crippen LogP contribution in [0.1, 0.15) is 16.1 Å². The van der Waals surface area contributed by atoms with Gasteiger partial charge in [-0.3, -0.25) is 9.59 Å². The van der Waals surface area contributed by atoms with E-state index in [9.17, 15) is 9.59 Å². The van der Waals surface area contributed by atoms with Crippen LogP contribution in [-0.4, -0.2) is 20.8 Å². The van der Waals surface area contributed by atoms with Crippen LogP contribution in [0.25, 0.3) is 5.69 Å². The van der Waals surface area contributed by atoms with E-state index in [0.29, 0.717) is 16.9 Å². The molecule has 6 heteroatoms. The van der Waals surface area contributed by atoms with E-state index in [4.69, 9.17) is 5.11 Å². The summed E-state index contributed by atoms with van der Waals surface area (Å²) >= 11 is 0. The van der Waals surface area contributed by atoms with E-state index in [1.165, 1.54) is 16.8 Å². The highest BCUT2D eigenvalue weighted by Crippen LogP contribution is 2.12. The fourth-order valence-electron chi connectivity index (χ4n) is 2.23. The molecular weight excluding hydrogens is 306 g/mol. The quantitative estimate of drug-likeness (QED) is 0.769. The largest absolute Gasteiger partial charge is 0.392 e. The first-order chi connectivity index (χ1) is 11.7. The molecule has 1 heterocycles. The van der Waals surface area contributed by atoms with Crippen molar-refractivity contribution < 1.29 is 9.90 Å². The van der Waals surface area contributed by atoms with Crippen LogP contribution in [0.4, 0.5) is 5.69 Å². The molecule has 0 unspecified atom stereocenters. The van der Waals surface area contributed by atoms with Crippen LogP contribution in [0.5, 0.6) is 0 Å². The van der Waals surface area contributed by atoms with Gasteiger partial charge in [-0.05, 0) is 35.9 Å². The molecule has 0 spiro atoms. The van der Waals surface area contributed by atoms with Crippen molar-refractivity contribution in [2.75, 3.05) is 5.32 Å². The average molecular weight is 321 g/mol. The summed E-state index contributed by atoms with van der Waals surface area (Å²) in [5.74, 6) is -0.435. The molecule has 0 fully saturated rings. The third-order valence-corrected chi connectivity index (χ3v) is 3.40. The van der Waals surface area contributed by atoms with Gasteiger partial charge in [0, 0.05) is 11.8 Å². The van der Waals surface area contributed by atoms with Gasteiger partial charge in [-0.15, -0.1) is 0 Å². The first-order valence-electron chi connectivity index (χ1n) is 7.34. The molecule has 0 radical (unpaired) electrons. The Kier molecular flexibility index (Phi) is 4.49. The molecule has 24 heavy (non-hydrogen) atoms. The van der Waals surface area contributed by atoms with Crippen LogP contribution in [0.2, 0.25) is 0 Å². The molecule has 6 nitrogen and oxygen atoms in total. The standard InChI is InChI=1S/C18H15N3O3/c22-12-13-5-4-6-14(11-13)19-18(24)16-9-10-17(23)21(20-16)15-7-2-1-3-8-15/h1-11,22H,12H2,(H,19,24). The molecule has 0 aliphatic heterocycles. The number of aliphatic hydroxyl groups excluding tert-OH is 1. The number of aromatic nitrogens is 2. The zero-order valence-corrected chi connectivity index (χ0v) is 12.7. The van der Waals surface area contributed by atoms with Crippen LogP contribution < -0.4 is 10.9 Å². The van der Waals surface area contributed by atoms with E-state index >= 15 is 0 Å². The Morgan fingerprint density at radius 2 is 1.83 bits per heavy atom. The van der Waals surface area contributed by atoms with Crippen LogP contribution in [0.3, 0.4) is 0 Å². The number of carbonyl (C=O) groups is 1. The predicted molar refractivity (Wildman–Crippen MR) is 90.2 cm³/mol. The van der Waals surface area contributed by atoms with Gasteiger partial charge in [0.05, 0.1) is 12.3 Å². The monoisotopic (exact) mass is 321 g/mol. The molecule has 1 amide bonds. The minimum atomic E-state index is -0.435. The smallest absolute Gasteiger partial charge is 0.276 e. The highest BCUT2D eigenvalue weighted by atomic mass is 16.3. The van der Waals surface area contributed by atoms with Crippen LogP contribution in [0.15, 0.2) is 71.5 Å². The Morgan fingerprint density at radius 1 is 1.04 bits per heavy atom. The maximum atomic E-state index is 12.4. The Balaban J connectivity index is 1.89. The number of carbonyl (C=O) groups excluding carboxylic acids is 1. The maximum absolute atomic E-state index is 12.4. The molecule has 3 aromatic rings. The Morgan fingerprint density at radius 3 is 2.58 bits per heavy atom. The molecule has 2 N–H and O–H groups in total. The molecule has 0 saturated carbocycles. The van der Waals surface area contributed by atoms with E-state index in [1.807, 2.05) is 6.07 Å². The summed E-state index contributed by atoms with van der Waals surface area (Å²) in [6.07, 6.45) is 0. The molecule has 2 aromatic carbocycles. The topological polar surface area (TPSA) is 84.2 Å². The number of para-hydroxylation sites is 1. The summed E-state index contributed by atoms with van der Waals surface area (Å²) in [7, 11) is 0. The maximum Gasteiger partial charge on any atom is 0.276 e. The van der Waals surface area contributed by atoms with E-state index in [2.05, 4.69) is 10.4 Å². The van der Waals surface area contributed by atoms with E-state index in [-0.39, 0.29) is 17.9 Å². The number of nitrogens with one attached hydrogen (secondary N) is 1. The lowest BCUT2D eigenvalue weighted by Crippen LogP contribution is -2.24. The first-order valence-corrected chi connectivity index (χ1v) is 7.34. The second-order valence-corrected chi connectivity index (χ2v) is 5.12. The van der Waals surface area contributed by atoms with Gasteiger partial charge in [0.15, 0.2) is 0 Å². The number of benzene rings is 2. The van der Waals surface area contributed by atoms with Gasteiger partial charge in [0.2, 0.25) is 0 Å². The number of rotatable bonds is 4. The molecule has 0 atom stereocenters. The fraction of sp³-hybridized carbons (Fsp3) is 0.0556. The number of hydrogen-bond acceptors (Lipinski definition) is 4. The van der Waals surface area contributed by atoms with Crippen LogP contribution >= 0.6 is 0 Å². The summed E-state index contributed by atoms with van der Waals surface area (Å²) in [6.45, 7) is -0.110. The number of aliphatic hydroxyl groups is 1. The van der Waals surface area contributed by atoms with Crippen molar-refractivity contribution in [3.05, 3.63) is 88.3 Å². The molecule has 120 valence electrons. The summed E-state index contributed by atoms with van der Waals surface area (Å²) in [6, 6.07) is 18.4. The number of nitrogens with zero attached hydrogens (tertiary/aromatic N) is 2. The lowest BCUT2D eigenvalue weighted by atomic mass is 10.2. The molecule has 0 saturated heterocycles. The molecule has 0 aliphatic rings. The normalized spacial score (nSPS) is 10.4. The highest BCUT2D eigenvalue weighted by molar-refractivity contribution is 6.02. The molecule has 1 aromatic heterocycles. The summed E-state index contributed by atoms with van der Waals surface area (Å²) < 4.78 is 1.18. The SMILES string of the molecule is O=C(Nc1cccc(CO)c1)c1ccc(=O)n(-c2ccccc2)n1. The zero-order chi connectivity index (χ0) is 16.9. The zero-order valence-electron chi connectivity index (χ0n) is 12.7. The third-order valence-electron chi connectivity index (χ3n) is 3.40. The van der Waals surface area contributed by atoms with Crippen LogP contribution in [-0.2, 0) is 6.61 Å². The lowest BCUT2D eigenvalue weighted by molar-refractivity contribution is 0.102. The summed E-state index contributed by atoms with van der Waals surface area (Å²) in [4.78, 5) is 24.3. The predicted octanol–water partition coefficient (Wildman–Crippen LogP) is 1.98. The van der Waals surface area contributed by atoms with E-state index < -0.39 is 5.91 Å². The molecule has 0 aliphatic carbocycles. The minimum Gasteiger partial charge on any atom is -0.392 e. The minimum absolute atomic E-state index is 0.110. The van der Waals surface area contributed by atoms with Crippen molar-refractivity contribution in [1.82, 2.24) is 9.78 Å². The van der Waals surface area contributed by atoms with Gasteiger partial charge < -0.3 is 10.4 Å². The highest BCUT2D eigenvalue weighted by Gasteiger charge is 2.11. The van der Waals surface area contributed by atoms with E-state index in [0.717, 1.165) is 0 Å². The first kappa shape index (κ1) is 15.6. The van der Waals surface area contributed by atoms with Crippen molar-refractivity contribution >= 4 is 11.6 Å². The molecular formula is C18H15N3O3. The van der Waals surface area contributed by atoms with Crippen molar-refractivity contribution in [2.24, 2.45) is 0 Å². The van der Waals surface area contributed by atoms with Crippen molar-refractivity contribution in [3.8, 4) is 5.69 Å². The number of hydrogen-bond donors (Lipinski definition) is 2. The van der Waals surface area contributed by atoms with Crippen molar-refractivity contribution in [1.29, 1.82) is 0 Å². The lowest BCUT2D eigenvalue weighted by Gasteiger charge is -2.08. The second-order valence-electron chi connectivity index (χ2n) is 5.12. The molecule has 0 bridgehead atoms. The Labute approximate surface area is 138 Å². The van der Waals surface area contributed by atoms with Gasteiger partial charge in [0.1, 0.15) is 5.69 Å². The van der Waals surface area contributed by atoms with Gasteiger partial charge in [-0.2, -0.15) is 9.78 Å². The second kappa shape index (κ2) is 6.89. The average Bonchev–Trinajstić information content (AvgIpc) is 2.63. The van der Waals surface area contributed by atoms with E-state index in [1.54, 1.807) is 48.5 Å². The Hall–Kier alpha value is -3.25. The fourth-order valence-corrected chi connectivity index (χ4v) is 2.23. The van der Waals surface area contributed by atoms with Gasteiger partial charge in [-0.25, -0.2) is 0 Å².